The molecule has 0 aliphatic heterocycles. The van der Waals surface area contributed by atoms with Gasteiger partial charge in [-0.2, -0.15) is 0 Å². The van der Waals surface area contributed by atoms with Gasteiger partial charge >= 0.3 is 0 Å². The van der Waals surface area contributed by atoms with Gasteiger partial charge < -0.3 is 16.2 Å². The molecule has 0 radical (unpaired) electrons. The molecule has 0 saturated heterocycles. The van der Waals surface area contributed by atoms with E-state index in [9.17, 15) is 9.90 Å². The molecule has 4 N–H and O–H groups in total. The van der Waals surface area contributed by atoms with Gasteiger partial charge in [-0.3, -0.25) is 4.79 Å². The van der Waals surface area contributed by atoms with Gasteiger partial charge in [-0.25, -0.2) is 0 Å². The molecule has 1 amide bonds. The summed E-state index contributed by atoms with van der Waals surface area (Å²) in [7, 11) is 0. The van der Waals surface area contributed by atoms with Crippen LogP contribution in [0.4, 0.5) is 0 Å². The summed E-state index contributed by atoms with van der Waals surface area (Å²) in [5.74, 6) is 1.11. The highest BCUT2D eigenvalue weighted by atomic mass is 16.3. The van der Waals surface area contributed by atoms with Gasteiger partial charge in [0, 0.05) is 13.0 Å². The van der Waals surface area contributed by atoms with Crippen LogP contribution in [0.5, 0.6) is 0 Å². The summed E-state index contributed by atoms with van der Waals surface area (Å²) in [5, 5.41) is 12.4. The monoisotopic (exact) mass is 242 g/mol. The second-order valence-corrected chi connectivity index (χ2v) is 5.36. The molecule has 1 rings (SSSR count). The summed E-state index contributed by atoms with van der Waals surface area (Å²) < 4.78 is 0. The highest BCUT2D eigenvalue weighted by molar-refractivity contribution is 5.75. The minimum Gasteiger partial charge on any atom is -0.393 e. The van der Waals surface area contributed by atoms with E-state index >= 15 is 0 Å². The number of rotatable bonds is 6. The number of nitrogens with two attached hydrogens (primary N) is 1. The van der Waals surface area contributed by atoms with E-state index in [2.05, 4.69) is 12.2 Å². The summed E-state index contributed by atoms with van der Waals surface area (Å²) in [6, 6.07) is 0. The maximum absolute atomic E-state index is 11.6. The number of hydrogen-bond donors (Lipinski definition) is 3. The average molecular weight is 242 g/mol. The molecule has 4 heteroatoms. The minimum absolute atomic E-state index is 0.118. The van der Waals surface area contributed by atoms with Crippen molar-refractivity contribution in [3.8, 4) is 0 Å². The van der Waals surface area contributed by atoms with Crippen LogP contribution >= 0.6 is 0 Å². The Balaban J connectivity index is 2.07. The minimum atomic E-state index is -0.118. The SMILES string of the molecule is CC(CN)CCC(=O)NCC1CCC(O)CC1. The van der Waals surface area contributed by atoms with Crippen molar-refractivity contribution >= 4 is 5.91 Å². The van der Waals surface area contributed by atoms with E-state index in [-0.39, 0.29) is 12.0 Å². The number of carbonyl (C=O) groups is 1. The van der Waals surface area contributed by atoms with Crippen LogP contribution < -0.4 is 11.1 Å². The Morgan fingerprint density at radius 2 is 2.06 bits per heavy atom. The molecule has 0 spiro atoms. The highest BCUT2D eigenvalue weighted by Crippen LogP contribution is 2.23. The van der Waals surface area contributed by atoms with Crippen LogP contribution in [0, 0.1) is 11.8 Å². The Morgan fingerprint density at radius 1 is 1.41 bits per heavy atom. The zero-order valence-electron chi connectivity index (χ0n) is 10.8. The molecule has 1 unspecified atom stereocenters. The van der Waals surface area contributed by atoms with E-state index in [4.69, 9.17) is 5.73 Å². The summed E-state index contributed by atoms with van der Waals surface area (Å²) in [4.78, 5) is 11.6. The molecule has 1 atom stereocenters. The van der Waals surface area contributed by atoms with Crippen LogP contribution in [-0.4, -0.2) is 30.2 Å². The smallest absolute Gasteiger partial charge is 0.220 e. The Morgan fingerprint density at radius 3 is 2.65 bits per heavy atom. The highest BCUT2D eigenvalue weighted by Gasteiger charge is 2.19. The average Bonchev–Trinajstić information content (AvgIpc) is 2.35. The van der Waals surface area contributed by atoms with Crippen LogP contribution in [0.3, 0.4) is 0 Å². The topological polar surface area (TPSA) is 75.4 Å². The fourth-order valence-electron chi connectivity index (χ4n) is 2.19. The van der Waals surface area contributed by atoms with Gasteiger partial charge in [0.2, 0.25) is 5.91 Å². The number of hydrogen-bond acceptors (Lipinski definition) is 3. The van der Waals surface area contributed by atoms with Crippen molar-refractivity contribution in [1.29, 1.82) is 0 Å². The summed E-state index contributed by atoms with van der Waals surface area (Å²) >= 11 is 0. The lowest BCUT2D eigenvalue weighted by Crippen LogP contribution is -2.32. The van der Waals surface area contributed by atoms with Crippen LogP contribution in [0.2, 0.25) is 0 Å². The molecule has 0 bridgehead atoms. The van der Waals surface area contributed by atoms with Gasteiger partial charge in [0.15, 0.2) is 0 Å². The van der Waals surface area contributed by atoms with Gasteiger partial charge in [-0.1, -0.05) is 6.92 Å². The van der Waals surface area contributed by atoms with Gasteiger partial charge in [0.05, 0.1) is 6.10 Å². The van der Waals surface area contributed by atoms with E-state index in [0.29, 0.717) is 24.8 Å². The zero-order chi connectivity index (χ0) is 12.7. The molecule has 17 heavy (non-hydrogen) atoms. The largest absolute Gasteiger partial charge is 0.393 e. The first-order valence-electron chi connectivity index (χ1n) is 6.76. The molecule has 0 aromatic carbocycles. The van der Waals surface area contributed by atoms with Crippen LogP contribution in [0.1, 0.15) is 45.4 Å². The van der Waals surface area contributed by atoms with Crippen molar-refractivity contribution in [3.05, 3.63) is 0 Å². The Labute approximate surface area is 104 Å². The van der Waals surface area contributed by atoms with E-state index in [1.807, 2.05) is 0 Å². The number of amides is 1. The lowest BCUT2D eigenvalue weighted by atomic mass is 9.87. The number of aliphatic hydroxyl groups is 1. The molecule has 1 aliphatic carbocycles. The summed E-state index contributed by atoms with van der Waals surface area (Å²) in [6.45, 7) is 3.48. The summed E-state index contributed by atoms with van der Waals surface area (Å²) in [5.41, 5.74) is 5.51. The first kappa shape index (κ1) is 14.5. The van der Waals surface area contributed by atoms with Crippen LogP contribution in [0.15, 0.2) is 0 Å². The number of carbonyl (C=O) groups excluding carboxylic acids is 1. The quantitative estimate of drug-likeness (QED) is 0.651. The standard InChI is InChI=1S/C13H26N2O2/c1-10(8-14)2-7-13(17)15-9-11-3-5-12(16)6-4-11/h10-12,16H,2-9,14H2,1H3,(H,15,17). The fraction of sp³-hybridized carbons (Fsp3) is 0.923. The maximum atomic E-state index is 11.6. The maximum Gasteiger partial charge on any atom is 0.220 e. The number of nitrogens with one attached hydrogen (secondary N) is 1. The van der Waals surface area contributed by atoms with E-state index in [0.717, 1.165) is 38.6 Å². The third-order valence-electron chi connectivity index (χ3n) is 3.67. The van der Waals surface area contributed by atoms with Gasteiger partial charge in [0.1, 0.15) is 0 Å². The molecule has 0 heterocycles. The Kier molecular flexibility index (Phi) is 6.52. The van der Waals surface area contributed by atoms with Gasteiger partial charge in [0.25, 0.3) is 0 Å². The molecule has 4 nitrogen and oxygen atoms in total. The van der Waals surface area contributed by atoms with Crippen LogP contribution in [-0.2, 0) is 4.79 Å². The lowest BCUT2D eigenvalue weighted by molar-refractivity contribution is -0.121. The molecule has 100 valence electrons. The second-order valence-electron chi connectivity index (χ2n) is 5.36. The predicted octanol–water partition coefficient (Wildman–Crippen LogP) is 1.03. The molecular weight excluding hydrogens is 216 g/mol. The zero-order valence-corrected chi connectivity index (χ0v) is 10.8. The molecule has 1 fully saturated rings. The first-order chi connectivity index (χ1) is 8.11. The van der Waals surface area contributed by atoms with Crippen molar-refractivity contribution < 1.29 is 9.90 Å². The molecular formula is C13H26N2O2. The normalized spacial score (nSPS) is 26.5. The van der Waals surface area contributed by atoms with E-state index < -0.39 is 0 Å². The first-order valence-corrected chi connectivity index (χ1v) is 6.76. The Bertz CT molecular complexity index is 225. The predicted molar refractivity (Wildman–Crippen MR) is 68.4 cm³/mol. The molecule has 1 saturated carbocycles. The van der Waals surface area contributed by atoms with E-state index in [1.165, 1.54) is 0 Å². The van der Waals surface area contributed by atoms with Crippen molar-refractivity contribution in [2.24, 2.45) is 17.6 Å². The van der Waals surface area contributed by atoms with Crippen molar-refractivity contribution in [3.63, 3.8) is 0 Å². The third-order valence-corrected chi connectivity index (χ3v) is 3.67. The second kappa shape index (κ2) is 7.67. The van der Waals surface area contributed by atoms with Gasteiger partial charge in [-0.05, 0) is 50.5 Å². The lowest BCUT2D eigenvalue weighted by Gasteiger charge is -2.25. The molecule has 0 aromatic rings. The van der Waals surface area contributed by atoms with E-state index in [1.54, 1.807) is 0 Å². The summed E-state index contributed by atoms with van der Waals surface area (Å²) in [6.07, 6.45) is 5.14. The van der Waals surface area contributed by atoms with Crippen molar-refractivity contribution in [1.82, 2.24) is 5.32 Å². The van der Waals surface area contributed by atoms with Crippen molar-refractivity contribution in [2.45, 2.75) is 51.6 Å². The van der Waals surface area contributed by atoms with Gasteiger partial charge in [-0.15, -0.1) is 0 Å². The fourth-order valence-corrected chi connectivity index (χ4v) is 2.19. The Hall–Kier alpha value is -0.610. The molecule has 0 aromatic heterocycles. The number of aliphatic hydroxyl groups excluding tert-OH is 1. The van der Waals surface area contributed by atoms with Crippen LogP contribution in [0.25, 0.3) is 0 Å². The van der Waals surface area contributed by atoms with Crippen molar-refractivity contribution in [2.75, 3.05) is 13.1 Å². The third kappa shape index (κ3) is 6.03. The molecule has 1 aliphatic rings.